The van der Waals surface area contributed by atoms with Crippen LogP contribution < -0.4 is 15.5 Å². The molecule has 1 heterocycles. The van der Waals surface area contributed by atoms with Crippen LogP contribution in [-0.2, 0) is 6.54 Å². The Morgan fingerprint density at radius 2 is 1.86 bits per heavy atom. The second kappa shape index (κ2) is 8.63. The molecular formula is C18H19FN2O7. The van der Waals surface area contributed by atoms with Crippen molar-refractivity contribution in [3.63, 3.8) is 0 Å². The number of nitrogens with zero attached hydrogens (tertiary/aromatic N) is 1. The lowest BCUT2D eigenvalue weighted by Crippen LogP contribution is -2.34. The summed E-state index contributed by atoms with van der Waals surface area (Å²) in [6.07, 6.45) is -1.01. The molecule has 0 fully saturated rings. The average molecular weight is 394 g/mol. The van der Waals surface area contributed by atoms with Crippen molar-refractivity contribution in [1.82, 2.24) is 9.88 Å². The van der Waals surface area contributed by atoms with Gasteiger partial charge >= 0.3 is 5.97 Å². The maximum atomic E-state index is 13.0. The van der Waals surface area contributed by atoms with Gasteiger partial charge in [-0.1, -0.05) is 12.1 Å². The Kier molecular flexibility index (Phi) is 6.49. The van der Waals surface area contributed by atoms with Crippen LogP contribution in [0.2, 0.25) is 0 Å². The van der Waals surface area contributed by atoms with Gasteiger partial charge in [0.25, 0.3) is 5.91 Å². The fraction of sp³-hybridized carbons (Fsp3) is 0.278. The summed E-state index contributed by atoms with van der Waals surface area (Å²) in [6, 6.07) is 4.79. The van der Waals surface area contributed by atoms with Crippen LogP contribution in [-0.4, -0.2) is 45.2 Å². The standard InChI is InChI=1S/C18H19FN2O7/c1-9(10-3-5-11(19)6-4-10)20-17(25)12-7-21(8-13(22)23)14(18(26)27)16(28-2)15(12)24/h3-7,9,13,22-23H,8H2,1-2H3,(H,20,25)(H,26,27)/t9-/m0/s1. The number of aromatic nitrogens is 1. The van der Waals surface area contributed by atoms with Crippen molar-refractivity contribution in [2.24, 2.45) is 0 Å². The number of aromatic carboxylic acids is 1. The van der Waals surface area contributed by atoms with E-state index in [2.05, 4.69) is 5.32 Å². The van der Waals surface area contributed by atoms with Gasteiger partial charge in [0.15, 0.2) is 17.7 Å². The van der Waals surface area contributed by atoms with E-state index in [4.69, 9.17) is 4.74 Å². The van der Waals surface area contributed by atoms with Crippen LogP contribution in [0.3, 0.4) is 0 Å². The Balaban J connectivity index is 2.45. The monoisotopic (exact) mass is 394 g/mol. The number of methoxy groups -OCH3 is 1. The predicted molar refractivity (Wildman–Crippen MR) is 94.7 cm³/mol. The Morgan fingerprint density at radius 1 is 1.25 bits per heavy atom. The normalized spacial score (nSPS) is 11.9. The van der Waals surface area contributed by atoms with Gasteiger partial charge in [0.2, 0.25) is 5.43 Å². The second-order valence-electron chi connectivity index (χ2n) is 5.94. The first-order valence-electron chi connectivity index (χ1n) is 8.12. The summed E-state index contributed by atoms with van der Waals surface area (Å²) in [5.74, 6) is -3.43. The van der Waals surface area contributed by atoms with E-state index in [0.29, 0.717) is 5.56 Å². The molecule has 0 bridgehead atoms. The van der Waals surface area contributed by atoms with Gasteiger partial charge in [0.1, 0.15) is 11.4 Å². The van der Waals surface area contributed by atoms with Crippen LogP contribution in [0.1, 0.15) is 39.4 Å². The molecule has 2 rings (SSSR count). The van der Waals surface area contributed by atoms with Gasteiger partial charge in [0.05, 0.1) is 19.7 Å². The zero-order chi connectivity index (χ0) is 21.0. The van der Waals surface area contributed by atoms with Crippen LogP contribution >= 0.6 is 0 Å². The molecule has 0 saturated heterocycles. The lowest BCUT2D eigenvalue weighted by atomic mass is 10.1. The number of nitrogens with one attached hydrogen (secondary N) is 1. The molecule has 0 aliphatic carbocycles. The van der Waals surface area contributed by atoms with Crippen LogP contribution in [0.5, 0.6) is 5.75 Å². The number of amides is 1. The van der Waals surface area contributed by atoms with Gasteiger partial charge in [0, 0.05) is 6.20 Å². The summed E-state index contributed by atoms with van der Waals surface area (Å²) in [6.45, 7) is 1.01. The largest absolute Gasteiger partial charge is 0.491 e. The van der Waals surface area contributed by atoms with E-state index >= 15 is 0 Å². The lowest BCUT2D eigenvalue weighted by Gasteiger charge is -2.18. The molecular weight excluding hydrogens is 375 g/mol. The van der Waals surface area contributed by atoms with Crippen molar-refractivity contribution in [3.05, 3.63) is 63.3 Å². The van der Waals surface area contributed by atoms with Gasteiger partial charge in [-0.3, -0.25) is 9.59 Å². The summed E-state index contributed by atoms with van der Waals surface area (Å²) in [5, 5.41) is 30.2. The molecule has 0 aliphatic heterocycles. The summed E-state index contributed by atoms with van der Waals surface area (Å²) in [7, 11) is 1.06. The maximum Gasteiger partial charge on any atom is 0.356 e. The first-order chi connectivity index (χ1) is 13.1. The number of rotatable bonds is 7. The van der Waals surface area contributed by atoms with Crippen molar-refractivity contribution in [2.75, 3.05) is 7.11 Å². The smallest absolute Gasteiger partial charge is 0.356 e. The van der Waals surface area contributed by atoms with Crippen molar-refractivity contribution in [3.8, 4) is 5.75 Å². The molecule has 1 aromatic carbocycles. The number of carbonyl (C=O) groups is 2. The van der Waals surface area contributed by atoms with Crippen LogP contribution in [0.15, 0.2) is 35.3 Å². The molecule has 28 heavy (non-hydrogen) atoms. The quantitative estimate of drug-likeness (QED) is 0.502. The molecule has 1 amide bonds. The van der Waals surface area contributed by atoms with Gasteiger partial charge < -0.3 is 29.9 Å². The number of aliphatic hydroxyl groups excluding tert-OH is 1. The minimum atomic E-state index is -1.93. The SMILES string of the molecule is COc1c(C(=O)O)n(CC(O)O)cc(C(=O)N[C@@H](C)c2ccc(F)cc2)c1=O. The third kappa shape index (κ3) is 4.53. The molecule has 0 unspecified atom stereocenters. The van der Waals surface area contributed by atoms with Crippen molar-refractivity contribution in [1.29, 1.82) is 0 Å². The third-order valence-electron chi connectivity index (χ3n) is 3.97. The minimum Gasteiger partial charge on any atom is -0.491 e. The van der Waals surface area contributed by atoms with E-state index in [-0.39, 0.29) is 0 Å². The van der Waals surface area contributed by atoms with Crippen molar-refractivity contribution in [2.45, 2.75) is 25.8 Å². The van der Waals surface area contributed by atoms with E-state index in [1.807, 2.05) is 0 Å². The third-order valence-corrected chi connectivity index (χ3v) is 3.97. The maximum absolute atomic E-state index is 13.0. The van der Waals surface area contributed by atoms with E-state index in [1.54, 1.807) is 6.92 Å². The molecule has 1 aromatic heterocycles. The second-order valence-corrected chi connectivity index (χ2v) is 5.94. The molecule has 10 heteroatoms. The molecule has 0 aliphatic rings. The topological polar surface area (TPSA) is 138 Å². The van der Waals surface area contributed by atoms with E-state index in [0.717, 1.165) is 17.9 Å². The summed E-state index contributed by atoms with van der Waals surface area (Å²) < 4.78 is 18.7. The van der Waals surface area contributed by atoms with Crippen molar-refractivity contribution < 1.29 is 34.0 Å². The van der Waals surface area contributed by atoms with E-state index in [1.165, 1.54) is 24.3 Å². The van der Waals surface area contributed by atoms with Crippen LogP contribution in [0, 0.1) is 5.82 Å². The lowest BCUT2D eigenvalue weighted by molar-refractivity contribution is -0.0518. The Morgan fingerprint density at radius 3 is 2.36 bits per heavy atom. The highest BCUT2D eigenvalue weighted by molar-refractivity contribution is 5.96. The van der Waals surface area contributed by atoms with Gasteiger partial charge in [-0.05, 0) is 24.6 Å². The minimum absolute atomic E-state index is 0.443. The molecule has 0 spiro atoms. The molecule has 0 saturated carbocycles. The fourth-order valence-electron chi connectivity index (χ4n) is 2.64. The number of carboxylic acids is 1. The number of pyridine rings is 1. The highest BCUT2D eigenvalue weighted by Crippen LogP contribution is 2.17. The number of benzene rings is 1. The molecule has 0 radical (unpaired) electrons. The Bertz CT molecular complexity index is 938. The Hall–Kier alpha value is -3.24. The van der Waals surface area contributed by atoms with Crippen molar-refractivity contribution >= 4 is 11.9 Å². The summed E-state index contributed by atoms with van der Waals surface area (Å²) >= 11 is 0. The van der Waals surface area contributed by atoms with E-state index in [9.17, 15) is 34.1 Å². The number of halogens is 1. The van der Waals surface area contributed by atoms with E-state index < -0.39 is 59.0 Å². The number of hydrogen-bond donors (Lipinski definition) is 4. The Labute approximate surface area is 158 Å². The number of carboxylic acid groups (broad SMARTS) is 1. The first-order valence-corrected chi connectivity index (χ1v) is 8.12. The average Bonchev–Trinajstić information content (AvgIpc) is 2.62. The zero-order valence-corrected chi connectivity index (χ0v) is 15.0. The van der Waals surface area contributed by atoms with Crippen LogP contribution in [0.25, 0.3) is 0 Å². The molecule has 2 aromatic rings. The molecule has 4 N–H and O–H groups in total. The highest BCUT2D eigenvalue weighted by atomic mass is 19.1. The van der Waals surface area contributed by atoms with Crippen LogP contribution in [0.4, 0.5) is 4.39 Å². The first kappa shape index (κ1) is 21.1. The van der Waals surface area contributed by atoms with Gasteiger partial charge in [-0.25, -0.2) is 9.18 Å². The van der Waals surface area contributed by atoms with Gasteiger partial charge in [-0.15, -0.1) is 0 Å². The number of carbonyl (C=O) groups excluding carboxylic acids is 1. The van der Waals surface area contributed by atoms with Gasteiger partial charge in [-0.2, -0.15) is 0 Å². The fourth-order valence-corrected chi connectivity index (χ4v) is 2.64. The molecule has 1 atom stereocenters. The molecule has 9 nitrogen and oxygen atoms in total. The highest BCUT2D eigenvalue weighted by Gasteiger charge is 2.26. The summed E-state index contributed by atoms with van der Waals surface area (Å²) in [4.78, 5) is 36.6. The predicted octanol–water partition coefficient (Wildman–Crippen LogP) is 0.496. The number of aliphatic hydroxyl groups is 2. The number of ether oxygens (including phenoxy) is 1. The molecule has 150 valence electrons. The zero-order valence-electron chi connectivity index (χ0n) is 15.0. The summed E-state index contributed by atoms with van der Waals surface area (Å²) in [5.41, 5.74) is -1.46. The number of hydrogen-bond acceptors (Lipinski definition) is 6.